The van der Waals surface area contributed by atoms with E-state index >= 15 is 0 Å². The summed E-state index contributed by atoms with van der Waals surface area (Å²) in [4.78, 5) is 2.40. The van der Waals surface area contributed by atoms with Crippen molar-refractivity contribution in [3.05, 3.63) is 0 Å². The van der Waals surface area contributed by atoms with Crippen LogP contribution in [0.15, 0.2) is 0 Å². The average molecular weight is 222 g/mol. The van der Waals surface area contributed by atoms with Crippen LogP contribution < -0.4 is 5.32 Å². The van der Waals surface area contributed by atoms with Crippen molar-refractivity contribution >= 4 is 0 Å². The van der Waals surface area contributed by atoms with E-state index in [1.54, 1.807) is 0 Å². The fraction of sp³-hybridized carbons (Fsp3) is 0.857. The molecule has 0 amide bonds. The number of nitrogens with one attached hydrogen (secondary N) is 1. The van der Waals surface area contributed by atoms with Gasteiger partial charge in [0.05, 0.1) is 0 Å². The molecule has 0 aromatic rings. The monoisotopic (exact) mass is 222 g/mol. The van der Waals surface area contributed by atoms with Crippen molar-refractivity contribution in [3.63, 3.8) is 0 Å². The Morgan fingerprint density at radius 2 is 1.81 bits per heavy atom. The first-order valence-electron chi connectivity index (χ1n) is 6.45. The highest BCUT2D eigenvalue weighted by atomic mass is 15.2. The maximum Gasteiger partial charge on any atom is 0.0365 e. The largest absolute Gasteiger partial charge is 0.314 e. The molecule has 1 saturated carbocycles. The van der Waals surface area contributed by atoms with E-state index in [9.17, 15) is 0 Å². The smallest absolute Gasteiger partial charge is 0.0365 e. The third kappa shape index (κ3) is 2.78. The molecule has 16 heavy (non-hydrogen) atoms. The third-order valence-corrected chi connectivity index (χ3v) is 4.18. The van der Waals surface area contributed by atoms with Gasteiger partial charge in [0.15, 0.2) is 0 Å². The molecule has 1 aliphatic carbocycles. The van der Waals surface area contributed by atoms with Crippen LogP contribution in [0.2, 0.25) is 0 Å². The summed E-state index contributed by atoms with van der Waals surface area (Å²) in [7, 11) is 6.44. The van der Waals surface area contributed by atoms with Crippen LogP contribution in [0.5, 0.6) is 0 Å². The van der Waals surface area contributed by atoms with E-state index < -0.39 is 0 Å². The molecule has 0 aromatic carbocycles. The first-order chi connectivity index (χ1) is 7.67. The van der Waals surface area contributed by atoms with E-state index in [1.165, 1.54) is 38.5 Å². The van der Waals surface area contributed by atoms with Crippen LogP contribution in [0.25, 0.3) is 0 Å². The molecule has 1 atom stereocenters. The molecule has 1 aliphatic rings. The molecule has 1 unspecified atom stereocenters. The van der Waals surface area contributed by atoms with Gasteiger partial charge >= 0.3 is 0 Å². The van der Waals surface area contributed by atoms with Crippen molar-refractivity contribution < 1.29 is 0 Å². The summed E-state index contributed by atoms with van der Waals surface area (Å²) in [5.74, 6) is 2.83. The zero-order chi connectivity index (χ0) is 12.0. The molecule has 0 aliphatic heterocycles. The Balaban J connectivity index is 2.88. The number of likely N-dealkylation sites (N-methyl/N-ethyl adjacent to an activating group) is 2. The fourth-order valence-electron chi connectivity index (χ4n) is 3.13. The van der Waals surface area contributed by atoms with E-state index in [1.807, 2.05) is 7.05 Å². The van der Waals surface area contributed by atoms with Crippen molar-refractivity contribution in [1.82, 2.24) is 10.2 Å². The molecule has 2 heteroatoms. The highest BCUT2D eigenvalue weighted by Gasteiger charge is 2.39. The molecule has 0 aromatic heterocycles. The van der Waals surface area contributed by atoms with Gasteiger partial charge in [0.25, 0.3) is 0 Å². The van der Waals surface area contributed by atoms with Crippen molar-refractivity contribution in [2.75, 3.05) is 21.1 Å². The van der Waals surface area contributed by atoms with Gasteiger partial charge in [0.2, 0.25) is 0 Å². The van der Waals surface area contributed by atoms with Gasteiger partial charge in [-0.25, -0.2) is 0 Å². The summed E-state index contributed by atoms with van der Waals surface area (Å²) < 4.78 is 0. The van der Waals surface area contributed by atoms with Gasteiger partial charge < -0.3 is 10.2 Å². The summed E-state index contributed by atoms with van der Waals surface area (Å²) >= 11 is 0. The lowest BCUT2D eigenvalue weighted by atomic mass is 9.80. The summed E-state index contributed by atoms with van der Waals surface area (Å²) in [6.07, 6.45) is 14.3. The molecule has 0 bridgehead atoms. The summed E-state index contributed by atoms with van der Waals surface area (Å²) in [6, 6.07) is 0.422. The lowest BCUT2D eigenvalue weighted by Crippen LogP contribution is -2.58. The molecular formula is C14H26N2. The van der Waals surface area contributed by atoms with E-state index in [2.05, 4.69) is 30.2 Å². The Bertz CT molecular complexity index is 232. The van der Waals surface area contributed by atoms with E-state index in [-0.39, 0.29) is 5.54 Å². The van der Waals surface area contributed by atoms with E-state index in [4.69, 9.17) is 6.42 Å². The molecule has 0 heterocycles. The number of hydrogen-bond acceptors (Lipinski definition) is 2. The molecule has 1 N–H and O–H groups in total. The van der Waals surface area contributed by atoms with Crippen LogP contribution in [0.3, 0.4) is 0 Å². The summed E-state index contributed by atoms with van der Waals surface area (Å²) in [5.41, 5.74) is 0.262. The minimum Gasteiger partial charge on any atom is -0.314 e. The Kier molecular flexibility index (Phi) is 5.31. The zero-order valence-electron chi connectivity index (χ0n) is 11.1. The van der Waals surface area contributed by atoms with E-state index in [0.29, 0.717) is 6.04 Å². The summed E-state index contributed by atoms with van der Waals surface area (Å²) in [6.45, 7) is 0. The first-order valence-corrected chi connectivity index (χ1v) is 6.45. The molecule has 92 valence electrons. The van der Waals surface area contributed by atoms with Gasteiger partial charge in [-0.05, 0) is 34.0 Å². The standard InChI is InChI=1S/C14H26N2/c1-5-10-13(15-2)14(16(3)4)11-8-6-7-9-12-14/h1,13,15H,6-12H2,2-4H3. The Morgan fingerprint density at radius 3 is 2.19 bits per heavy atom. The normalized spacial score (nSPS) is 22.4. The average Bonchev–Trinajstić information content (AvgIpc) is 2.52. The van der Waals surface area contributed by atoms with Crippen LogP contribution in [0, 0.1) is 12.3 Å². The topological polar surface area (TPSA) is 15.3 Å². The van der Waals surface area contributed by atoms with E-state index in [0.717, 1.165) is 6.42 Å². The number of rotatable bonds is 4. The van der Waals surface area contributed by atoms with Crippen LogP contribution in [-0.4, -0.2) is 37.6 Å². The maximum atomic E-state index is 5.50. The fourth-order valence-corrected chi connectivity index (χ4v) is 3.13. The van der Waals surface area contributed by atoms with Crippen LogP contribution in [-0.2, 0) is 0 Å². The zero-order valence-corrected chi connectivity index (χ0v) is 11.1. The highest BCUT2D eigenvalue weighted by Crippen LogP contribution is 2.34. The second-order valence-corrected chi connectivity index (χ2v) is 5.16. The minimum atomic E-state index is 0.262. The SMILES string of the molecule is C#CCC(NC)C1(N(C)C)CCCCCC1. The van der Waals surface area contributed by atoms with Crippen LogP contribution in [0.4, 0.5) is 0 Å². The highest BCUT2D eigenvalue weighted by molar-refractivity contribution is 5.04. The summed E-state index contributed by atoms with van der Waals surface area (Å²) in [5, 5.41) is 3.44. The van der Waals surface area contributed by atoms with Gasteiger partial charge in [-0.15, -0.1) is 12.3 Å². The van der Waals surface area contributed by atoms with Gasteiger partial charge in [0.1, 0.15) is 0 Å². The molecule has 1 fully saturated rings. The van der Waals surface area contributed by atoms with Gasteiger partial charge in [-0.1, -0.05) is 25.7 Å². The lowest BCUT2D eigenvalue weighted by molar-refractivity contribution is 0.0856. The number of nitrogens with zero attached hydrogens (tertiary/aromatic N) is 1. The van der Waals surface area contributed by atoms with Crippen LogP contribution in [0.1, 0.15) is 44.9 Å². The molecule has 0 spiro atoms. The van der Waals surface area contributed by atoms with Gasteiger partial charge in [0, 0.05) is 18.0 Å². The molecule has 0 radical (unpaired) electrons. The molecule has 0 saturated heterocycles. The third-order valence-electron chi connectivity index (χ3n) is 4.18. The lowest BCUT2D eigenvalue weighted by Gasteiger charge is -2.45. The quantitative estimate of drug-likeness (QED) is 0.580. The molecular weight excluding hydrogens is 196 g/mol. The number of hydrogen-bond donors (Lipinski definition) is 1. The van der Waals surface area contributed by atoms with Crippen LogP contribution >= 0.6 is 0 Å². The second kappa shape index (κ2) is 6.27. The Morgan fingerprint density at radius 1 is 1.25 bits per heavy atom. The van der Waals surface area contributed by atoms with Crippen molar-refractivity contribution in [3.8, 4) is 12.3 Å². The Hall–Kier alpha value is -0.520. The van der Waals surface area contributed by atoms with Crippen molar-refractivity contribution in [2.24, 2.45) is 0 Å². The van der Waals surface area contributed by atoms with Crippen molar-refractivity contribution in [1.29, 1.82) is 0 Å². The number of terminal acetylenes is 1. The maximum absolute atomic E-state index is 5.50. The minimum absolute atomic E-state index is 0.262. The predicted octanol–water partition coefficient (Wildman–Crippen LogP) is 2.25. The Labute approximate surface area is 101 Å². The second-order valence-electron chi connectivity index (χ2n) is 5.16. The first kappa shape index (κ1) is 13.5. The molecule has 2 nitrogen and oxygen atoms in total. The molecule has 1 rings (SSSR count). The van der Waals surface area contributed by atoms with Gasteiger partial charge in [-0.2, -0.15) is 0 Å². The van der Waals surface area contributed by atoms with Gasteiger partial charge in [-0.3, -0.25) is 0 Å². The predicted molar refractivity (Wildman–Crippen MR) is 70.4 cm³/mol. The van der Waals surface area contributed by atoms with Crippen molar-refractivity contribution in [2.45, 2.75) is 56.5 Å².